The van der Waals surface area contributed by atoms with Crippen molar-refractivity contribution in [1.82, 2.24) is 15.3 Å². The van der Waals surface area contributed by atoms with Gasteiger partial charge in [0.2, 0.25) is 11.8 Å². The maximum atomic E-state index is 12.5. The van der Waals surface area contributed by atoms with Gasteiger partial charge >= 0.3 is 0 Å². The van der Waals surface area contributed by atoms with Gasteiger partial charge in [0, 0.05) is 50.9 Å². The molecule has 0 radical (unpaired) electrons. The molecule has 2 fully saturated rings. The number of amides is 2. The molecule has 0 spiro atoms. The average Bonchev–Trinajstić information content (AvgIpc) is 3.42. The maximum Gasteiger partial charge on any atom is 0.227 e. The van der Waals surface area contributed by atoms with Gasteiger partial charge in [0.25, 0.3) is 0 Å². The number of carbonyl (C=O) groups is 2. The number of rotatable bonds is 7. The van der Waals surface area contributed by atoms with E-state index >= 15 is 0 Å². The van der Waals surface area contributed by atoms with Gasteiger partial charge in [-0.3, -0.25) is 9.59 Å². The molecule has 158 valence electrons. The number of aryl methyl sites for hydroxylation is 1. The van der Waals surface area contributed by atoms with E-state index in [-0.39, 0.29) is 24.2 Å². The van der Waals surface area contributed by atoms with Gasteiger partial charge in [-0.1, -0.05) is 17.7 Å². The third-order valence-electron chi connectivity index (χ3n) is 5.65. The lowest BCUT2D eigenvalue weighted by molar-refractivity contribution is -0.126. The molecule has 0 saturated carbocycles. The van der Waals surface area contributed by atoms with Gasteiger partial charge in [0.1, 0.15) is 18.0 Å². The van der Waals surface area contributed by atoms with E-state index in [2.05, 4.69) is 25.5 Å². The molecule has 0 aliphatic carbocycles. The van der Waals surface area contributed by atoms with Gasteiger partial charge in [-0.15, -0.1) is 0 Å². The van der Waals surface area contributed by atoms with E-state index < -0.39 is 0 Å². The predicted molar refractivity (Wildman–Crippen MR) is 117 cm³/mol. The number of anilines is 3. The summed E-state index contributed by atoms with van der Waals surface area (Å²) in [6.45, 7) is 5.53. The van der Waals surface area contributed by atoms with Crippen LogP contribution in [0.2, 0.25) is 0 Å². The van der Waals surface area contributed by atoms with Crippen molar-refractivity contribution in [3.05, 3.63) is 42.2 Å². The molecule has 8 heteroatoms. The van der Waals surface area contributed by atoms with Crippen LogP contribution in [0, 0.1) is 12.8 Å². The molecule has 2 amide bonds. The summed E-state index contributed by atoms with van der Waals surface area (Å²) < 4.78 is 0. The van der Waals surface area contributed by atoms with Crippen LogP contribution in [0.25, 0.3) is 0 Å². The van der Waals surface area contributed by atoms with Crippen LogP contribution in [-0.4, -0.2) is 54.5 Å². The Labute approximate surface area is 176 Å². The van der Waals surface area contributed by atoms with Crippen molar-refractivity contribution < 1.29 is 9.59 Å². The van der Waals surface area contributed by atoms with Crippen molar-refractivity contribution in [3.8, 4) is 0 Å². The Hall–Kier alpha value is -3.16. The second-order valence-corrected chi connectivity index (χ2v) is 7.91. The monoisotopic (exact) mass is 408 g/mol. The average molecular weight is 409 g/mol. The smallest absolute Gasteiger partial charge is 0.227 e. The molecule has 4 rings (SSSR count). The van der Waals surface area contributed by atoms with Crippen molar-refractivity contribution in [1.29, 1.82) is 0 Å². The summed E-state index contributed by atoms with van der Waals surface area (Å²) >= 11 is 0. The third-order valence-corrected chi connectivity index (χ3v) is 5.65. The Morgan fingerprint density at radius 2 is 1.90 bits per heavy atom. The van der Waals surface area contributed by atoms with Gasteiger partial charge < -0.3 is 20.4 Å². The molecule has 1 unspecified atom stereocenters. The summed E-state index contributed by atoms with van der Waals surface area (Å²) in [4.78, 5) is 37.4. The van der Waals surface area contributed by atoms with Crippen LogP contribution in [0.15, 0.2) is 36.7 Å². The molecule has 0 bridgehead atoms. The number of nitrogens with zero attached hydrogens (tertiary/aromatic N) is 4. The molecule has 1 atom stereocenters. The first-order chi connectivity index (χ1) is 14.6. The highest BCUT2D eigenvalue weighted by Crippen LogP contribution is 2.25. The summed E-state index contributed by atoms with van der Waals surface area (Å²) in [5, 5.41) is 6.17. The first kappa shape index (κ1) is 20.1. The minimum Gasteiger partial charge on any atom is -0.368 e. The first-order valence-corrected chi connectivity index (χ1v) is 10.6. The number of benzene rings is 1. The van der Waals surface area contributed by atoms with Crippen molar-refractivity contribution in [3.63, 3.8) is 0 Å². The molecule has 2 aromatic rings. The van der Waals surface area contributed by atoms with Crippen LogP contribution in [-0.2, 0) is 9.59 Å². The molecule has 2 N–H and O–H groups in total. The Balaban J connectivity index is 1.23. The lowest BCUT2D eigenvalue weighted by Gasteiger charge is -2.17. The third kappa shape index (κ3) is 4.69. The fourth-order valence-corrected chi connectivity index (χ4v) is 3.94. The molecule has 1 aromatic heterocycles. The number of aromatic nitrogens is 2. The fourth-order valence-electron chi connectivity index (χ4n) is 3.94. The fraction of sp³-hybridized carbons (Fsp3) is 0.455. The molecule has 2 aliphatic rings. The van der Waals surface area contributed by atoms with E-state index in [1.54, 1.807) is 11.2 Å². The Morgan fingerprint density at radius 1 is 1.13 bits per heavy atom. The molecule has 1 aromatic carbocycles. The Kier molecular flexibility index (Phi) is 6.11. The van der Waals surface area contributed by atoms with Crippen molar-refractivity contribution >= 4 is 29.1 Å². The van der Waals surface area contributed by atoms with E-state index in [4.69, 9.17) is 0 Å². The molecular formula is C22H28N6O2. The topological polar surface area (TPSA) is 90.5 Å². The van der Waals surface area contributed by atoms with Crippen molar-refractivity contribution in [2.75, 3.05) is 47.8 Å². The van der Waals surface area contributed by atoms with Gasteiger partial charge in [-0.25, -0.2) is 9.97 Å². The van der Waals surface area contributed by atoms with Crippen LogP contribution in [0.3, 0.4) is 0 Å². The van der Waals surface area contributed by atoms with E-state index in [0.717, 1.165) is 36.0 Å². The van der Waals surface area contributed by atoms with Crippen molar-refractivity contribution in [2.24, 2.45) is 5.92 Å². The number of nitrogens with one attached hydrogen (secondary N) is 2. The van der Waals surface area contributed by atoms with Gasteiger partial charge in [0.05, 0.1) is 5.92 Å². The first-order valence-electron chi connectivity index (χ1n) is 10.6. The normalized spacial score (nSPS) is 18.7. The zero-order valence-corrected chi connectivity index (χ0v) is 17.3. The predicted octanol–water partition coefficient (Wildman–Crippen LogP) is 1.97. The molecule has 2 aliphatic heterocycles. The van der Waals surface area contributed by atoms with Gasteiger partial charge in [0.15, 0.2) is 0 Å². The summed E-state index contributed by atoms with van der Waals surface area (Å²) in [6.07, 6.45) is 4.21. The molecule has 2 saturated heterocycles. The van der Waals surface area contributed by atoms with E-state index in [1.165, 1.54) is 12.8 Å². The largest absolute Gasteiger partial charge is 0.368 e. The highest BCUT2D eigenvalue weighted by molar-refractivity contribution is 6.00. The van der Waals surface area contributed by atoms with Crippen LogP contribution >= 0.6 is 0 Å². The van der Waals surface area contributed by atoms with Gasteiger partial charge in [-0.2, -0.15) is 0 Å². The lowest BCUT2D eigenvalue weighted by atomic mass is 10.1. The van der Waals surface area contributed by atoms with Crippen LogP contribution in [0.4, 0.5) is 17.3 Å². The minimum atomic E-state index is -0.320. The molecule has 8 nitrogen and oxygen atoms in total. The van der Waals surface area contributed by atoms with Gasteiger partial charge in [-0.05, 0) is 31.9 Å². The zero-order valence-electron chi connectivity index (χ0n) is 17.3. The van der Waals surface area contributed by atoms with E-state index in [9.17, 15) is 9.59 Å². The Morgan fingerprint density at radius 3 is 2.67 bits per heavy atom. The lowest BCUT2D eigenvalue weighted by Crippen LogP contribution is -2.35. The number of hydrogen-bond donors (Lipinski definition) is 2. The standard InChI is InChI=1S/C22H28N6O2/c1-16-4-6-18(7-5-16)28-14-17(12-21(28)29)22(30)24-9-8-23-19-13-20(26-15-25-19)27-10-2-3-11-27/h4-7,13,15,17H,2-3,8-12,14H2,1H3,(H,24,30)(H,23,25,26). The van der Waals surface area contributed by atoms with Crippen molar-refractivity contribution in [2.45, 2.75) is 26.2 Å². The zero-order chi connectivity index (χ0) is 20.9. The second-order valence-electron chi connectivity index (χ2n) is 7.91. The second kappa shape index (κ2) is 9.11. The summed E-state index contributed by atoms with van der Waals surface area (Å²) in [5.41, 5.74) is 1.99. The minimum absolute atomic E-state index is 0.00689. The SMILES string of the molecule is Cc1ccc(N2CC(C(=O)NCCNc3cc(N4CCCC4)ncn3)CC2=O)cc1. The number of hydrogen-bond acceptors (Lipinski definition) is 6. The summed E-state index contributed by atoms with van der Waals surface area (Å²) in [6, 6.07) is 9.75. The van der Waals surface area contributed by atoms with E-state index in [0.29, 0.717) is 19.6 Å². The summed E-state index contributed by atoms with van der Waals surface area (Å²) in [7, 11) is 0. The highest BCUT2D eigenvalue weighted by atomic mass is 16.2. The highest BCUT2D eigenvalue weighted by Gasteiger charge is 2.34. The van der Waals surface area contributed by atoms with Crippen LogP contribution in [0.1, 0.15) is 24.8 Å². The maximum absolute atomic E-state index is 12.5. The van der Waals surface area contributed by atoms with Crippen LogP contribution in [0.5, 0.6) is 0 Å². The van der Waals surface area contributed by atoms with Crippen LogP contribution < -0.4 is 20.4 Å². The number of carbonyl (C=O) groups excluding carboxylic acids is 2. The molecule has 30 heavy (non-hydrogen) atoms. The quantitative estimate of drug-likeness (QED) is 0.681. The Bertz CT molecular complexity index is 895. The molecule has 3 heterocycles. The molecular weight excluding hydrogens is 380 g/mol. The summed E-state index contributed by atoms with van der Waals surface area (Å²) in [5.74, 6) is 1.28. The van der Waals surface area contributed by atoms with E-state index in [1.807, 2.05) is 37.3 Å².